The van der Waals surface area contributed by atoms with Crippen LogP contribution in [0.4, 0.5) is 0 Å². The highest BCUT2D eigenvalue weighted by molar-refractivity contribution is 7.80. The van der Waals surface area contributed by atoms with Gasteiger partial charge in [0.1, 0.15) is 12.2 Å². The van der Waals surface area contributed by atoms with Gasteiger partial charge >= 0.3 is 0 Å². The van der Waals surface area contributed by atoms with Crippen molar-refractivity contribution in [1.29, 1.82) is 0 Å². The average Bonchev–Trinajstić information content (AvgIpc) is 3.39. The van der Waals surface area contributed by atoms with Gasteiger partial charge in [-0.3, -0.25) is 0 Å². The van der Waals surface area contributed by atoms with Crippen LogP contribution in [0.1, 0.15) is 181 Å². The van der Waals surface area contributed by atoms with Crippen molar-refractivity contribution in [2.24, 2.45) is 0 Å². The number of thiocarbonyl (C=S) groups is 2. The van der Waals surface area contributed by atoms with Crippen LogP contribution < -0.4 is 0 Å². The Hall–Kier alpha value is -0.340. The van der Waals surface area contributed by atoms with E-state index in [1.807, 2.05) is 0 Å². The second-order valence-corrected chi connectivity index (χ2v) is 13.7. The third-order valence-corrected chi connectivity index (χ3v) is 9.33. The summed E-state index contributed by atoms with van der Waals surface area (Å²) in [6.45, 7) is 4.41. The van der Waals surface area contributed by atoms with Crippen LogP contribution in [-0.4, -0.2) is 57.9 Å². The third kappa shape index (κ3) is 21.9. The third-order valence-electron chi connectivity index (χ3n) is 8.73. The Labute approximate surface area is 276 Å². The lowest BCUT2D eigenvalue weighted by molar-refractivity contribution is -0.0639. The summed E-state index contributed by atoms with van der Waals surface area (Å²) in [5, 5.41) is 21.0. The molecule has 254 valence electrons. The fraction of sp³-hybridized carbons (Fsp3) is 0.944. The van der Waals surface area contributed by atoms with Gasteiger partial charge in [-0.25, -0.2) is 0 Å². The monoisotopic (exact) mass is 644 g/mol. The molecule has 2 N–H and O–H groups in total. The summed E-state index contributed by atoms with van der Waals surface area (Å²) in [6.07, 6.45) is 30.0. The normalized spacial score (nSPS) is 19.0. The molecule has 1 rings (SSSR count). The van der Waals surface area contributed by atoms with E-state index in [0.717, 1.165) is 32.1 Å². The molecule has 5 nitrogen and oxygen atoms in total. The van der Waals surface area contributed by atoms with Gasteiger partial charge in [0.05, 0.1) is 13.2 Å². The van der Waals surface area contributed by atoms with Crippen LogP contribution >= 0.6 is 24.4 Å². The lowest BCUT2D eigenvalue weighted by Crippen LogP contribution is -2.44. The Morgan fingerprint density at radius 1 is 0.605 bits per heavy atom. The average molecular weight is 645 g/mol. The van der Waals surface area contributed by atoms with Crippen LogP contribution in [0.25, 0.3) is 0 Å². The second-order valence-electron chi connectivity index (χ2n) is 12.8. The molecule has 1 aliphatic heterocycles. The highest BCUT2D eigenvalue weighted by Crippen LogP contribution is 2.26. The van der Waals surface area contributed by atoms with Crippen LogP contribution in [0.2, 0.25) is 0 Å². The SMILES string of the molecule is CCCCCCCCCCCCCCC(=S)O[C@H]1[C@@H]([C@@H](O)CO)OC[C@H]1OC(=S)CCCCCCCCCCCCCC. The smallest absolute Gasteiger partial charge is 0.167 e. The van der Waals surface area contributed by atoms with E-state index in [1.54, 1.807) is 0 Å². The van der Waals surface area contributed by atoms with E-state index in [9.17, 15) is 10.2 Å². The fourth-order valence-electron chi connectivity index (χ4n) is 5.94. The molecular weight excluding hydrogens is 577 g/mol. The van der Waals surface area contributed by atoms with Crippen LogP contribution in [0, 0.1) is 0 Å². The highest BCUT2D eigenvalue weighted by Gasteiger charge is 2.45. The predicted molar refractivity (Wildman–Crippen MR) is 189 cm³/mol. The van der Waals surface area contributed by atoms with Crippen molar-refractivity contribution < 1.29 is 24.4 Å². The van der Waals surface area contributed by atoms with Crippen molar-refractivity contribution >= 4 is 34.5 Å². The molecular formula is C36H68O5S2. The largest absolute Gasteiger partial charge is 0.477 e. The van der Waals surface area contributed by atoms with Gasteiger partial charge in [-0.15, -0.1) is 0 Å². The minimum Gasteiger partial charge on any atom is -0.477 e. The maximum Gasteiger partial charge on any atom is 0.167 e. The number of unbranched alkanes of at least 4 members (excludes halogenated alkanes) is 22. The maximum atomic E-state index is 10.3. The van der Waals surface area contributed by atoms with Gasteiger partial charge in [0.25, 0.3) is 0 Å². The number of rotatable bonds is 30. The maximum absolute atomic E-state index is 10.3. The topological polar surface area (TPSA) is 68.2 Å². The first-order valence-electron chi connectivity index (χ1n) is 18.3. The van der Waals surface area contributed by atoms with E-state index in [2.05, 4.69) is 13.8 Å². The second kappa shape index (κ2) is 29.1. The van der Waals surface area contributed by atoms with Gasteiger partial charge in [0.2, 0.25) is 0 Å². The Morgan fingerprint density at radius 3 is 1.33 bits per heavy atom. The lowest BCUT2D eigenvalue weighted by atomic mass is 10.0. The first-order valence-corrected chi connectivity index (χ1v) is 19.1. The van der Waals surface area contributed by atoms with E-state index in [-0.39, 0.29) is 6.61 Å². The molecule has 4 atom stereocenters. The van der Waals surface area contributed by atoms with E-state index in [4.69, 9.17) is 38.6 Å². The molecule has 0 aromatic heterocycles. The van der Waals surface area contributed by atoms with Gasteiger partial charge in [-0.05, 0) is 37.3 Å². The Bertz CT molecular complexity index is 662. The summed E-state index contributed by atoms with van der Waals surface area (Å²) in [6, 6.07) is 0. The van der Waals surface area contributed by atoms with Gasteiger partial charge in [-0.1, -0.05) is 155 Å². The predicted octanol–water partition coefficient (Wildman–Crippen LogP) is 10.3. The Morgan fingerprint density at radius 2 is 0.953 bits per heavy atom. The van der Waals surface area contributed by atoms with Gasteiger partial charge in [-0.2, -0.15) is 0 Å². The van der Waals surface area contributed by atoms with Crippen LogP contribution in [0.5, 0.6) is 0 Å². The molecule has 0 aromatic rings. The summed E-state index contributed by atoms with van der Waals surface area (Å²) in [5.74, 6) is 0. The van der Waals surface area contributed by atoms with Crippen molar-refractivity contribution in [2.45, 2.75) is 205 Å². The molecule has 0 bridgehead atoms. The van der Waals surface area contributed by atoms with Crippen molar-refractivity contribution in [3.63, 3.8) is 0 Å². The fourth-order valence-corrected chi connectivity index (χ4v) is 6.47. The molecule has 1 aliphatic rings. The van der Waals surface area contributed by atoms with E-state index in [1.165, 1.54) is 128 Å². The molecule has 0 spiro atoms. The molecule has 0 aromatic carbocycles. The summed E-state index contributed by atoms with van der Waals surface area (Å²) in [7, 11) is 0. The summed E-state index contributed by atoms with van der Waals surface area (Å²) >= 11 is 11.1. The first-order chi connectivity index (χ1) is 21.0. The molecule has 1 heterocycles. The van der Waals surface area contributed by atoms with Crippen LogP contribution in [-0.2, 0) is 14.2 Å². The van der Waals surface area contributed by atoms with E-state index >= 15 is 0 Å². The van der Waals surface area contributed by atoms with Gasteiger partial charge in [0.15, 0.2) is 22.3 Å². The Balaban J connectivity index is 2.20. The standard InChI is InChI=1S/C36H68O5S2/c1-3-5-7-9-11-13-15-17-19-21-23-25-27-33(42)40-32-30-39-35(31(38)29-37)36(32)41-34(43)28-26-24-22-20-18-16-14-12-10-8-6-4-2/h31-32,35-38H,3-30H2,1-2H3/t31-,32+,35+,36+/m0/s1. The number of ether oxygens (including phenoxy) is 3. The zero-order valence-corrected chi connectivity index (χ0v) is 29.7. The molecule has 7 heteroatoms. The minimum absolute atomic E-state index is 0.270. The van der Waals surface area contributed by atoms with Gasteiger partial charge in [0, 0.05) is 12.8 Å². The molecule has 43 heavy (non-hydrogen) atoms. The molecule has 0 unspecified atom stereocenters. The summed E-state index contributed by atoms with van der Waals surface area (Å²) < 4.78 is 18.0. The van der Waals surface area contributed by atoms with Crippen molar-refractivity contribution in [1.82, 2.24) is 0 Å². The number of hydrogen-bond acceptors (Lipinski definition) is 7. The zero-order valence-electron chi connectivity index (χ0n) is 28.0. The number of hydrogen-bond donors (Lipinski definition) is 2. The Kier molecular flexibility index (Phi) is 27.5. The summed E-state index contributed by atoms with van der Waals surface area (Å²) in [4.78, 5) is 0. The lowest BCUT2D eigenvalue weighted by Gasteiger charge is -2.27. The number of aliphatic hydroxyl groups excluding tert-OH is 2. The molecule has 1 saturated heterocycles. The molecule has 0 saturated carbocycles. The van der Waals surface area contributed by atoms with E-state index < -0.39 is 31.0 Å². The quantitative estimate of drug-likeness (QED) is 0.0596. The van der Waals surface area contributed by atoms with Crippen molar-refractivity contribution in [2.75, 3.05) is 13.2 Å². The molecule has 0 radical (unpaired) electrons. The highest BCUT2D eigenvalue weighted by atomic mass is 32.1. The molecule has 0 amide bonds. The van der Waals surface area contributed by atoms with Crippen LogP contribution in [0.3, 0.4) is 0 Å². The van der Waals surface area contributed by atoms with Gasteiger partial charge < -0.3 is 24.4 Å². The van der Waals surface area contributed by atoms with Crippen LogP contribution in [0.15, 0.2) is 0 Å². The number of aliphatic hydroxyl groups is 2. The molecule has 0 aliphatic carbocycles. The molecule has 1 fully saturated rings. The van der Waals surface area contributed by atoms with Crippen molar-refractivity contribution in [3.8, 4) is 0 Å². The van der Waals surface area contributed by atoms with E-state index in [0.29, 0.717) is 16.5 Å². The summed E-state index contributed by atoms with van der Waals surface area (Å²) in [5.41, 5.74) is 0. The minimum atomic E-state index is -1.04. The zero-order chi connectivity index (χ0) is 31.4. The first kappa shape index (κ1) is 40.7. The van der Waals surface area contributed by atoms with Crippen molar-refractivity contribution in [3.05, 3.63) is 0 Å².